The van der Waals surface area contributed by atoms with Crippen molar-refractivity contribution in [2.75, 3.05) is 31.6 Å². The maximum absolute atomic E-state index is 14.6. The summed E-state index contributed by atoms with van der Waals surface area (Å²) in [5, 5.41) is 25.4. The van der Waals surface area contributed by atoms with E-state index in [1.165, 1.54) is 30.3 Å². The first kappa shape index (κ1) is 29.5. The number of nitrogens with one attached hydrogen (secondary N) is 2. The molecule has 0 spiro atoms. The number of rotatable bonds is 10. The van der Waals surface area contributed by atoms with E-state index < -0.39 is 41.3 Å². The van der Waals surface area contributed by atoms with Gasteiger partial charge in [-0.1, -0.05) is 0 Å². The van der Waals surface area contributed by atoms with E-state index in [1.54, 1.807) is 6.92 Å². The molecule has 2 atom stereocenters. The van der Waals surface area contributed by atoms with Crippen molar-refractivity contribution < 1.29 is 42.0 Å². The van der Waals surface area contributed by atoms with Crippen LogP contribution in [0.3, 0.4) is 0 Å². The van der Waals surface area contributed by atoms with E-state index in [0.29, 0.717) is 11.3 Å². The summed E-state index contributed by atoms with van der Waals surface area (Å²) in [6, 6.07) is 10.2. The number of carbonyl (C=O) groups is 1. The Morgan fingerprint density at radius 2 is 1.88 bits per heavy atom. The smallest absolute Gasteiger partial charge is 0.424 e. The van der Waals surface area contributed by atoms with Gasteiger partial charge in [-0.15, -0.1) is 0 Å². The molecule has 6 N–H and O–H groups in total. The zero-order valence-electron chi connectivity index (χ0n) is 22.6. The van der Waals surface area contributed by atoms with E-state index in [-0.39, 0.29) is 54.2 Å². The molecule has 9 nitrogen and oxygen atoms in total. The van der Waals surface area contributed by atoms with Crippen LogP contribution in [-0.4, -0.2) is 59.7 Å². The SMILES string of the molecule is C[C@@]1(N)CNc2c1cc(C(O)(CNC(=O)c1ccc(OCCO)c(OC3CC3)c1)C(F)(F)F)nc2-c1ccc(F)cc1. The number of pyridine rings is 1. The molecule has 3 aromatic rings. The van der Waals surface area contributed by atoms with Crippen molar-refractivity contribution in [2.45, 2.75) is 43.2 Å². The molecule has 224 valence electrons. The van der Waals surface area contributed by atoms with Crippen molar-refractivity contribution in [1.29, 1.82) is 0 Å². The van der Waals surface area contributed by atoms with E-state index in [9.17, 15) is 27.5 Å². The van der Waals surface area contributed by atoms with Gasteiger partial charge in [0.15, 0.2) is 11.5 Å². The number of nitrogens with two attached hydrogens (primary N) is 1. The largest absolute Gasteiger partial charge is 0.487 e. The molecule has 5 rings (SSSR count). The molecule has 1 aliphatic heterocycles. The molecule has 1 amide bonds. The van der Waals surface area contributed by atoms with Crippen LogP contribution in [0.5, 0.6) is 11.5 Å². The molecule has 2 aliphatic rings. The normalized spacial score (nSPS) is 19.4. The number of carbonyl (C=O) groups excluding carboxylic acids is 1. The number of halogens is 4. The summed E-state index contributed by atoms with van der Waals surface area (Å²) < 4.78 is 68.5. The highest BCUT2D eigenvalue weighted by Crippen LogP contribution is 2.45. The Labute approximate surface area is 238 Å². The first-order chi connectivity index (χ1) is 19.8. The van der Waals surface area contributed by atoms with Crippen molar-refractivity contribution in [3.63, 3.8) is 0 Å². The molecule has 13 heteroatoms. The van der Waals surface area contributed by atoms with Crippen molar-refractivity contribution >= 4 is 11.6 Å². The van der Waals surface area contributed by atoms with E-state index in [4.69, 9.17) is 20.3 Å². The van der Waals surface area contributed by atoms with Crippen LogP contribution in [0.2, 0.25) is 0 Å². The lowest BCUT2D eigenvalue weighted by Crippen LogP contribution is -2.51. The van der Waals surface area contributed by atoms with Crippen LogP contribution in [-0.2, 0) is 11.1 Å². The van der Waals surface area contributed by atoms with Crippen molar-refractivity contribution in [3.05, 3.63) is 71.2 Å². The van der Waals surface area contributed by atoms with Crippen LogP contribution in [0.15, 0.2) is 48.5 Å². The standard InChI is InChI=1S/C29H30F4N4O5/c1-27(34)14-35-25-20(27)13-23(37-24(25)16-2-5-18(30)6-3-16)28(40,29(31,32)33)15-36-26(39)17-4-9-21(41-11-10-38)22(12-17)42-19-7-8-19/h2-6,9,12-13,19,35,38,40H,7-8,10-11,14-15,34H2,1H3,(H,36,39)/t27-,28?/m1/s1. The summed E-state index contributed by atoms with van der Waals surface area (Å²) in [7, 11) is 0. The molecule has 1 aliphatic carbocycles. The first-order valence-corrected chi connectivity index (χ1v) is 13.3. The summed E-state index contributed by atoms with van der Waals surface area (Å²) in [5.41, 5.74) is 1.84. The molecule has 0 bridgehead atoms. The fourth-order valence-corrected chi connectivity index (χ4v) is 4.60. The first-order valence-electron chi connectivity index (χ1n) is 13.3. The Bertz CT molecular complexity index is 1480. The Morgan fingerprint density at radius 1 is 1.17 bits per heavy atom. The molecule has 2 aromatic carbocycles. The number of benzene rings is 2. The van der Waals surface area contributed by atoms with Crippen LogP contribution >= 0.6 is 0 Å². The Kier molecular flexibility index (Phi) is 7.77. The van der Waals surface area contributed by atoms with Crippen LogP contribution in [0.25, 0.3) is 11.3 Å². The number of hydrogen-bond donors (Lipinski definition) is 5. The zero-order chi connectivity index (χ0) is 30.3. The molecule has 2 heterocycles. The number of anilines is 1. The summed E-state index contributed by atoms with van der Waals surface area (Å²) in [4.78, 5) is 17.2. The van der Waals surface area contributed by atoms with Crippen molar-refractivity contribution in [2.24, 2.45) is 5.73 Å². The molecular formula is C29H30F4N4O5. The third kappa shape index (κ3) is 5.85. The van der Waals surface area contributed by atoms with Crippen LogP contribution in [0.1, 0.15) is 41.4 Å². The van der Waals surface area contributed by atoms with E-state index in [2.05, 4.69) is 15.6 Å². The second kappa shape index (κ2) is 11.0. The lowest BCUT2D eigenvalue weighted by molar-refractivity contribution is -0.265. The maximum atomic E-state index is 14.6. The quantitative estimate of drug-likeness (QED) is 0.226. The minimum Gasteiger partial charge on any atom is -0.487 e. The van der Waals surface area contributed by atoms with Gasteiger partial charge < -0.3 is 36.1 Å². The average molecular weight is 591 g/mol. The lowest BCUT2D eigenvalue weighted by Gasteiger charge is -2.31. The second-order valence-electron chi connectivity index (χ2n) is 10.6. The lowest BCUT2D eigenvalue weighted by atomic mass is 9.89. The molecule has 1 saturated carbocycles. The fourth-order valence-electron chi connectivity index (χ4n) is 4.60. The predicted octanol–water partition coefficient (Wildman–Crippen LogP) is 3.58. The van der Waals surface area contributed by atoms with Crippen LogP contribution < -0.4 is 25.8 Å². The highest BCUT2D eigenvalue weighted by Gasteiger charge is 2.57. The van der Waals surface area contributed by atoms with Crippen molar-refractivity contribution in [3.8, 4) is 22.8 Å². The summed E-state index contributed by atoms with van der Waals surface area (Å²) in [5.74, 6) is -0.967. The van der Waals surface area contributed by atoms with Gasteiger partial charge in [0, 0.05) is 23.2 Å². The van der Waals surface area contributed by atoms with E-state index >= 15 is 0 Å². The number of ether oxygens (including phenoxy) is 2. The van der Waals surface area contributed by atoms with Gasteiger partial charge in [0.1, 0.15) is 12.4 Å². The Morgan fingerprint density at radius 3 is 2.52 bits per heavy atom. The summed E-state index contributed by atoms with van der Waals surface area (Å²) in [6.45, 7) is 0.274. The molecule has 0 radical (unpaired) electrons. The highest BCUT2D eigenvalue weighted by atomic mass is 19.4. The topological polar surface area (TPSA) is 139 Å². The highest BCUT2D eigenvalue weighted by molar-refractivity contribution is 5.95. The van der Waals surface area contributed by atoms with Crippen LogP contribution in [0, 0.1) is 5.82 Å². The molecule has 1 aromatic heterocycles. The van der Waals surface area contributed by atoms with Gasteiger partial charge in [0.2, 0.25) is 5.60 Å². The third-order valence-electron chi connectivity index (χ3n) is 7.16. The number of nitrogens with zero attached hydrogens (tertiary/aromatic N) is 1. The molecule has 42 heavy (non-hydrogen) atoms. The Balaban J connectivity index is 1.48. The van der Waals surface area contributed by atoms with Gasteiger partial charge in [-0.3, -0.25) is 4.79 Å². The number of alkyl halides is 3. The predicted molar refractivity (Wildman–Crippen MR) is 145 cm³/mol. The number of hydrogen-bond acceptors (Lipinski definition) is 8. The minimum absolute atomic E-state index is 0.0176. The summed E-state index contributed by atoms with van der Waals surface area (Å²) in [6.07, 6.45) is -3.72. The number of fused-ring (bicyclic) bond motifs is 1. The monoisotopic (exact) mass is 590 g/mol. The zero-order valence-corrected chi connectivity index (χ0v) is 22.6. The Hall–Kier alpha value is -3.94. The van der Waals surface area contributed by atoms with Crippen LogP contribution in [0.4, 0.5) is 23.2 Å². The van der Waals surface area contributed by atoms with E-state index in [1.807, 2.05) is 0 Å². The van der Waals surface area contributed by atoms with Gasteiger partial charge in [0.25, 0.3) is 5.91 Å². The van der Waals surface area contributed by atoms with Crippen molar-refractivity contribution in [1.82, 2.24) is 10.3 Å². The minimum atomic E-state index is -5.26. The molecule has 1 fully saturated rings. The average Bonchev–Trinajstić information content (AvgIpc) is 3.71. The summed E-state index contributed by atoms with van der Waals surface area (Å²) >= 11 is 0. The molecular weight excluding hydrogens is 560 g/mol. The van der Waals surface area contributed by atoms with Gasteiger partial charge in [-0.2, -0.15) is 13.2 Å². The number of amides is 1. The number of aliphatic hydroxyl groups excluding tert-OH is 1. The molecule has 0 saturated heterocycles. The number of aliphatic hydroxyl groups is 2. The number of aromatic nitrogens is 1. The fraction of sp³-hybridized carbons (Fsp3) is 0.379. The van der Waals surface area contributed by atoms with Gasteiger partial charge >= 0.3 is 6.18 Å². The second-order valence-corrected chi connectivity index (χ2v) is 10.6. The third-order valence-corrected chi connectivity index (χ3v) is 7.16. The molecule has 1 unspecified atom stereocenters. The maximum Gasteiger partial charge on any atom is 0.424 e. The van der Waals surface area contributed by atoms with Gasteiger partial charge in [-0.25, -0.2) is 9.37 Å². The van der Waals surface area contributed by atoms with E-state index in [0.717, 1.165) is 31.0 Å². The van der Waals surface area contributed by atoms with Gasteiger partial charge in [-0.05, 0) is 68.3 Å². The van der Waals surface area contributed by atoms with Gasteiger partial charge in [0.05, 0.1) is 41.9 Å².